The van der Waals surface area contributed by atoms with Crippen molar-refractivity contribution in [1.82, 2.24) is 14.5 Å². The largest absolute Gasteiger partial charge is 0.490 e. The molecule has 1 spiro atoms. The second kappa shape index (κ2) is 14.2. The third kappa shape index (κ3) is 7.12. The van der Waals surface area contributed by atoms with Gasteiger partial charge in [-0.05, 0) is 105 Å². The summed E-state index contributed by atoms with van der Waals surface area (Å²) in [4.78, 5) is 30.3. The van der Waals surface area contributed by atoms with Crippen molar-refractivity contribution in [2.75, 3.05) is 44.6 Å². The van der Waals surface area contributed by atoms with Crippen LogP contribution >= 0.6 is 0 Å². The van der Waals surface area contributed by atoms with Crippen molar-refractivity contribution < 1.29 is 28.0 Å². The number of aromatic nitrogens is 2. The minimum atomic E-state index is -3.59. The highest BCUT2D eigenvalue weighted by Gasteiger charge is 2.44. The molecule has 2 aliphatic heterocycles. The van der Waals surface area contributed by atoms with Crippen molar-refractivity contribution in [3.63, 3.8) is 0 Å². The molecule has 12 heteroatoms. The van der Waals surface area contributed by atoms with E-state index in [2.05, 4.69) is 56.4 Å². The van der Waals surface area contributed by atoms with Crippen LogP contribution in [-0.2, 0) is 26.5 Å². The van der Waals surface area contributed by atoms with Gasteiger partial charge in [0, 0.05) is 37.4 Å². The molecule has 3 heterocycles. The van der Waals surface area contributed by atoms with Gasteiger partial charge >= 0.3 is 0 Å². The average Bonchev–Trinajstić information content (AvgIpc) is 3.90. The summed E-state index contributed by atoms with van der Waals surface area (Å²) >= 11 is 0. The molecule has 282 valence electrons. The fraction of sp³-hybridized carbons (Fsp3) is 0.537. The van der Waals surface area contributed by atoms with Gasteiger partial charge in [0.05, 0.1) is 37.3 Å². The van der Waals surface area contributed by atoms with Gasteiger partial charge < -0.3 is 19.1 Å². The lowest BCUT2D eigenvalue weighted by atomic mass is 9.68. The minimum absolute atomic E-state index is 0.0147. The normalized spacial score (nSPS) is 30.5. The number of ether oxygens (including phenoxy) is 3. The lowest BCUT2D eigenvalue weighted by Crippen LogP contribution is -2.49. The van der Waals surface area contributed by atoms with Crippen LogP contribution in [0.25, 0.3) is 0 Å². The zero-order valence-corrected chi connectivity index (χ0v) is 32.0. The first-order valence-electron chi connectivity index (χ1n) is 19.1. The average molecular weight is 742 g/mol. The first-order chi connectivity index (χ1) is 25.6. The van der Waals surface area contributed by atoms with Gasteiger partial charge in [-0.1, -0.05) is 42.8 Å². The summed E-state index contributed by atoms with van der Waals surface area (Å²) in [5.74, 6) is 0.150. The summed E-state index contributed by atoms with van der Waals surface area (Å²) in [7, 11) is -0.364. The molecule has 2 aromatic carbocycles. The predicted octanol–water partition coefficient (Wildman–Crippen LogP) is 6.60. The molecule has 3 aromatic rings. The molecular formula is C41H51N5O6S. The van der Waals surface area contributed by atoms with E-state index in [4.69, 9.17) is 14.2 Å². The number of carbonyl (C=O) groups is 2. The second-order valence-electron chi connectivity index (χ2n) is 16.0. The van der Waals surface area contributed by atoms with E-state index in [1.165, 1.54) is 23.8 Å². The topological polar surface area (TPSA) is 124 Å². The fourth-order valence-corrected chi connectivity index (χ4v) is 10.8. The molecule has 1 N–H and O–H groups in total. The van der Waals surface area contributed by atoms with Gasteiger partial charge in [0.2, 0.25) is 5.88 Å². The third-order valence-corrected chi connectivity index (χ3v) is 14.0. The molecule has 2 bridgehead atoms. The number of hydrogen-bond acceptors (Lipinski definition) is 8. The highest BCUT2D eigenvalue weighted by atomic mass is 32.2. The smallest absolute Gasteiger partial charge is 0.286 e. The number of hydrogen-bond donors (Lipinski definition) is 1. The van der Waals surface area contributed by atoms with Gasteiger partial charge in [-0.2, -0.15) is 0 Å². The summed E-state index contributed by atoms with van der Waals surface area (Å²) in [5, 5.41) is 4.42. The lowest BCUT2D eigenvalue weighted by molar-refractivity contribution is 0.0131. The van der Waals surface area contributed by atoms with Gasteiger partial charge in [0.15, 0.2) is 0 Å². The molecule has 0 radical (unpaired) electrons. The molecule has 53 heavy (non-hydrogen) atoms. The van der Waals surface area contributed by atoms with Gasteiger partial charge in [0.1, 0.15) is 21.2 Å². The molecular weight excluding hydrogens is 691 g/mol. The maximum atomic E-state index is 14.7. The molecule has 5 aliphatic rings. The van der Waals surface area contributed by atoms with Crippen molar-refractivity contribution in [2.24, 2.45) is 22.1 Å². The van der Waals surface area contributed by atoms with Gasteiger partial charge in [0.25, 0.3) is 11.8 Å². The van der Waals surface area contributed by atoms with Crippen molar-refractivity contribution in [1.29, 1.82) is 0 Å². The number of amides is 2. The standard InChI is InChI=1S/C41H51N5O6S/c1-26-10-16-34-28(19-26)8-6-18-41(34)24-45-21-30-11-15-32(30)36(50-3)9-5-7-27(2)23-53(49,43-38(47)29-12-17-37(52-25-41)35(45)20-29)44-39(48)33-22-46(31-13-14-31)42-40(33)51-4/h5,9-10,12,16-17,19-20,22,27,30-32,36H,6-8,11,13-15,18,21,23-25H2,1-4H3,(H,43,44,47,48,49)/b9-5+/t27-,30-,32+,36-,41-,53?/m0/s1. The van der Waals surface area contributed by atoms with Crippen LogP contribution in [0.2, 0.25) is 0 Å². The van der Waals surface area contributed by atoms with Gasteiger partial charge in [-0.25, -0.2) is 4.21 Å². The number of methoxy groups -OCH3 is 2. The Morgan fingerprint density at radius 3 is 2.72 bits per heavy atom. The molecule has 2 amide bonds. The Morgan fingerprint density at radius 1 is 1.11 bits per heavy atom. The van der Waals surface area contributed by atoms with Crippen molar-refractivity contribution >= 4 is 27.4 Å². The predicted molar refractivity (Wildman–Crippen MR) is 204 cm³/mol. The lowest BCUT2D eigenvalue weighted by Gasteiger charge is -2.46. The molecule has 0 saturated heterocycles. The Bertz CT molecular complexity index is 2060. The molecule has 3 aliphatic carbocycles. The maximum Gasteiger partial charge on any atom is 0.286 e. The number of nitrogens with zero attached hydrogens (tertiary/aromatic N) is 4. The minimum Gasteiger partial charge on any atom is -0.490 e. The summed E-state index contributed by atoms with van der Waals surface area (Å²) < 4.78 is 41.6. The monoisotopic (exact) mass is 741 g/mol. The number of allylic oxidation sites excluding steroid dienone is 1. The Balaban J connectivity index is 1.19. The van der Waals surface area contributed by atoms with Gasteiger partial charge in [-0.15, -0.1) is 9.46 Å². The number of benzene rings is 2. The summed E-state index contributed by atoms with van der Waals surface area (Å²) in [6.45, 7) is 6.20. The molecule has 8 rings (SSSR count). The Labute approximate surface area is 312 Å². The molecule has 1 aromatic heterocycles. The molecule has 2 fully saturated rings. The zero-order valence-electron chi connectivity index (χ0n) is 31.2. The van der Waals surface area contributed by atoms with Crippen LogP contribution < -0.4 is 19.1 Å². The summed E-state index contributed by atoms with van der Waals surface area (Å²) in [6.07, 6.45) is 13.6. The van der Waals surface area contributed by atoms with Crippen LogP contribution in [-0.4, -0.2) is 71.6 Å². The summed E-state index contributed by atoms with van der Waals surface area (Å²) in [6, 6.07) is 12.4. The Morgan fingerprint density at radius 2 is 1.96 bits per heavy atom. The van der Waals surface area contributed by atoms with E-state index in [9.17, 15) is 13.8 Å². The Kier molecular flexibility index (Phi) is 9.63. The number of nitrogens with one attached hydrogen (secondary N) is 1. The number of aryl methyl sites for hydroxylation is 2. The zero-order chi connectivity index (χ0) is 36.9. The number of fused-ring (bicyclic) bond motifs is 4. The van der Waals surface area contributed by atoms with Crippen LogP contribution in [0.15, 0.2) is 59.1 Å². The van der Waals surface area contributed by atoms with E-state index in [0.29, 0.717) is 30.4 Å². The molecule has 1 unspecified atom stereocenters. The highest BCUT2D eigenvalue weighted by molar-refractivity contribution is 7.92. The first kappa shape index (κ1) is 35.8. The molecule has 2 saturated carbocycles. The van der Waals surface area contributed by atoms with Gasteiger partial charge in [-0.3, -0.25) is 19.0 Å². The number of anilines is 1. The quantitative estimate of drug-likeness (QED) is 0.291. The number of rotatable bonds is 5. The van der Waals surface area contributed by atoms with Crippen LogP contribution in [0.1, 0.15) is 95.3 Å². The molecule has 11 nitrogen and oxygen atoms in total. The SMILES string of the molecule is COc1nn(C2CC2)cc1C(=O)NS1(=O)=NC(=O)c2ccc3c(c2)N(C[C@@H]2CC[C@H]2[C@@H](OC)/C=C/C[C@H](C)C1)C[C@@]1(CCCc2cc(C)ccc21)CO3. The van der Waals surface area contributed by atoms with E-state index in [0.717, 1.165) is 69.5 Å². The van der Waals surface area contributed by atoms with Crippen LogP contribution in [0, 0.1) is 24.7 Å². The van der Waals surface area contributed by atoms with E-state index in [-0.39, 0.29) is 40.7 Å². The first-order valence-corrected chi connectivity index (χ1v) is 20.8. The van der Waals surface area contributed by atoms with Crippen molar-refractivity contribution in [3.8, 4) is 11.6 Å². The third-order valence-electron chi connectivity index (χ3n) is 12.0. The number of carbonyl (C=O) groups excluding carboxylic acids is 2. The van der Waals surface area contributed by atoms with Crippen LogP contribution in [0.3, 0.4) is 0 Å². The summed E-state index contributed by atoms with van der Waals surface area (Å²) in [5.41, 5.74) is 5.10. The van der Waals surface area contributed by atoms with Crippen molar-refractivity contribution in [2.45, 2.75) is 82.8 Å². The van der Waals surface area contributed by atoms with Crippen LogP contribution in [0.4, 0.5) is 5.69 Å². The highest BCUT2D eigenvalue weighted by Crippen LogP contribution is 2.47. The van der Waals surface area contributed by atoms with Crippen molar-refractivity contribution in [3.05, 3.63) is 82.6 Å². The van der Waals surface area contributed by atoms with E-state index < -0.39 is 21.7 Å². The fourth-order valence-electron chi connectivity index (χ4n) is 8.94. The maximum absolute atomic E-state index is 14.7. The molecule has 6 atom stereocenters. The van der Waals surface area contributed by atoms with E-state index in [1.54, 1.807) is 24.1 Å². The Hall–Kier alpha value is -4.16. The van der Waals surface area contributed by atoms with E-state index >= 15 is 0 Å². The van der Waals surface area contributed by atoms with E-state index in [1.807, 2.05) is 19.1 Å². The van der Waals surface area contributed by atoms with Crippen LogP contribution in [0.5, 0.6) is 11.6 Å². The second-order valence-corrected chi connectivity index (χ2v) is 18.0.